The lowest BCUT2D eigenvalue weighted by Crippen LogP contribution is -2.32. The number of hydrogen-bond acceptors (Lipinski definition) is 3. The first kappa shape index (κ1) is 19.9. The molecule has 0 aromatic heterocycles. The summed E-state index contributed by atoms with van der Waals surface area (Å²) in [6.07, 6.45) is 5.84. The minimum absolute atomic E-state index is 0.0224. The number of esters is 1. The Bertz CT molecular complexity index is 783. The minimum Gasteiger partial charge on any atom is -0.458 e. The highest BCUT2D eigenvalue weighted by Crippen LogP contribution is 2.52. The van der Waals surface area contributed by atoms with Gasteiger partial charge in [0.2, 0.25) is 0 Å². The van der Waals surface area contributed by atoms with Crippen LogP contribution in [0.25, 0.3) is 5.57 Å². The number of carbonyl (C=O) groups is 1. The highest BCUT2D eigenvalue weighted by Gasteiger charge is 2.38. The Morgan fingerprint density at radius 2 is 1.96 bits per heavy atom. The van der Waals surface area contributed by atoms with Gasteiger partial charge in [0.15, 0.2) is 0 Å². The average molecular weight is 369 g/mol. The molecule has 1 heterocycles. The second kappa shape index (κ2) is 7.27. The van der Waals surface area contributed by atoms with Crippen molar-refractivity contribution in [2.45, 2.75) is 72.5 Å². The van der Waals surface area contributed by atoms with E-state index in [0.29, 0.717) is 6.42 Å². The molecule has 3 heteroatoms. The Morgan fingerprint density at radius 3 is 2.63 bits per heavy atom. The van der Waals surface area contributed by atoms with Crippen molar-refractivity contribution in [1.82, 2.24) is 0 Å². The summed E-state index contributed by atoms with van der Waals surface area (Å²) in [5, 5.41) is 9.87. The van der Waals surface area contributed by atoms with Crippen molar-refractivity contribution >= 4 is 11.5 Å². The number of hydrogen-bond donors (Lipinski definition) is 1. The molecule has 1 saturated heterocycles. The summed E-state index contributed by atoms with van der Waals surface area (Å²) in [5.74, 6) is -0.319. The van der Waals surface area contributed by atoms with Crippen LogP contribution in [0.4, 0.5) is 0 Å². The number of aliphatic hydroxyl groups is 1. The topological polar surface area (TPSA) is 46.5 Å². The SMILES string of the molecule is Cc1cccc(C2=C(/C=C/[C@@H]3C[C@@H](O)CC(=O)O3)C(C)(C)CC(C)(C)C2)c1. The molecule has 1 aliphatic carbocycles. The zero-order valence-electron chi connectivity index (χ0n) is 17.2. The fraction of sp³-hybridized carbons (Fsp3) is 0.542. The van der Waals surface area contributed by atoms with E-state index < -0.39 is 6.10 Å². The normalized spacial score (nSPS) is 27.7. The molecule has 0 radical (unpaired) electrons. The number of aliphatic hydroxyl groups excluding tert-OH is 1. The van der Waals surface area contributed by atoms with Crippen LogP contribution in [0.1, 0.15) is 64.5 Å². The predicted octanol–water partition coefficient (Wildman–Crippen LogP) is 5.22. The van der Waals surface area contributed by atoms with Gasteiger partial charge in [0.1, 0.15) is 6.10 Å². The molecule has 27 heavy (non-hydrogen) atoms. The van der Waals surface area contributed by atoms with E-state index in [1.165, 1.54) is 22.3 Å². The monoisotopic (exact) mass is 368 g/mol. The van der Waals surface area contributed by atoms with E-state index >= 15 is 0 Å². The molecule has 146 valence electrons. The van der Waals surface area contributed by atoms with E-state index in [2.05, 4.69) is 65.0 Å². The molecule has 3 nitrogen and oxygen atoms in total. The third kappa shape index (κ3) is 4.70. The second-order valence-corrected chi connectivity index (χ2v) is 9.64. The maximum Gasteiger partial charge on any atom is 0.309 e. The molecule has 0 unspecified atom stereocenters. The zero-order chi connectivity index (χ0) is 19.8. The predicted molar refractivity (Wildman–Crippen MR) is 109 cm³/mol. The van der Waals surface area contributed by atoms with Gasteiger partial charge in [0.25, 0.3) is 0 Å². The summed E-state index contributed by atoms with van der Waals surface area (Å²) < 4.78 is 5.41. The van der Waals surface area contributed by atoms with Crippen molar-refractivity contribution in [3.63, 3.8) is 0 Å². The number of cyclic esters (lactones) is 1. The summed E-state index contributed by atoms with van der Waals surface area (Å²) in [6.45, 7) is 11.4. The van der Waals surface area contributed by atoms with E-state index in [9.17, 15) is 9.90 Å². The van der Waals surface area contributed by atoms with Crippen LogP contribution >= 0.6 is 0 Å². The summed E-state index contributed by atoms with van der Waals surface area (Å²) in [6, 6.07) is 8.69. The van der Waals surface area contributed by atoms with Gasteiger partial charge in [-0.05, 0) is 53.4 Å². The van der Waals surface area contributed by atoms with Gasteiger partial charge in [0.05, 0.1) is 12.5 Å². The first-order valence-electron chi connectivity index (χ1n) is 9.92. The van der Waals surface area contributed by atoms with Gasteiger partial charge in [-0.25, -0.2) is 0 Å². The molecule has 1 aromatic rings. The van der Waals surface area contributed by atoms with Gasteiger partial charge in [0, 0.05) is 6.42 Å². The van der Waals surface area contributed by atoms with Crippen molar-refractivity contribution in [2.24, 2.45) is 10.8 Å². The maximum absolute atomic E-state index is 11.6. The van der Waals surface area contributed by atoms with E-state index in [4.69, 9.17) is 4.74 Å². The fourth-order valence-corrected chi connectivity index (χ4v) is 4.88. The van der Waals surface area contributed by atoms with Crippen LogP contribution < -0.4 is 0 Å². The summed E-state index contributed by atoms with van der Waals surface area (Å²) in [4.78, 5) is 11.6. The Morgan fingerprint density at radius 1 is 1.22 bits per heavy atom. The first-order valence-corrected chi connectivity index (χ1v) is 9.92. The first-order chi connectivity index (χ1) is 12.6. The van der Waals surface area contributed by atoms with Gasteiger partial charge in [-0.3, -0.25) is 4.79 Å². The molecule has 1 aliphatic heterocycles. The van der Waals surface area contributed by atoms with Crippen LogP contribution in [0.2, 0.25) is 0 Å². The lowest BCUT2D eigenvalue weighted by molar-refractivity contribution is -0.156. The number of ether oxygens (including phenoxy) is 1. The van der Waals surface area contributed by atoms with Crippen LogP contribution in [0.3, 0.4) is 0 Å². The molecule has 2 aliphatic rings. The standard InChI is InChI=1S/C24H32O3/c1-16-7-6-8-17(11-16)20-14-23(2,3)15-24(4,5)21(20)10-9-19-12-18(25)13-22(26)27-19/h6-11,18-19,25H,12-15H2,1-5H3/b10-9+/t18-,19-/m1/s1. The fourth-order valence-electron chi connectivity index (χ4n) is 4.88. The van der Waals surface area contributed by atoms with Crippen molar-refractivity contribution in [3.8, 4) is 0 Å². The lowest BCUT2D eigenvalue weighted by Gasteiger charge is -2.43. The van der Waals surface area contributed by atoms with Crippen molar-refractivity contribution in [1.29, 1.82) is 0 Å². The molecule has 0 spiro atoms. The lowest BCUT2D eigenvalue weighted by atomic mass is 9.61. The van der Waals surface area contributed by atoms with Crippen LogP contribution in [0.15, 0.2) is 42.0 Å². The zero-order valence-corrected chi connectivity index (χ0v) is 17.2. The molecule has 1 fully saturated rings. The van der Waals surface area contributed by atoms with Crippen LogP contribution in [-0.4, -0.2) is 23.3 Å². The molecule has 0 amide bonds. The molecule has 3 rings (SSSR count). The number of benzene rings is 1. The van der Waals surface area contributed by atoms with E-state index in [-0.39, 0.29) is 29.3 Å². The van der Waals surface area contributed by atoms with Crippen LogP contribution in [0, 0.1) is 17.8 Å². The van der Waals surface area contributed by atoms with E-state index in [0.717, 1.165) is 12.8 Å². The van der Waals surface area contributed by atoms with E-state index in [1.54, 1.807) is 0 Å². The minimum atomic E-state index is -0.607. The Kier molecular flexibility index (Phi) is 5.36. The summed E-state index contributed by atoms with van der Waals surface area (Å²) in [7, 11) is 0. The quantitative estimate of drug-likeness (QED) is 0.744. The van der Waals surface area contributed by atoms with Gasteiger partial charge in [-0.15, -0.1) is 0 Å². The largest absolute Gasteiger partial charge is 0.458 e. The molecule has 0 bridgehead atoms. The Labute approximate surface area is 163 Å². The van der Waals surface area contributed by atoms with Crippen molar-refractivity contribution < 1.29 is 14.6 Å². The maximum atomic E-state index is 11.6. The smallest absolute Gasteiger partial charge is 0.309 e. The van der Waals surface area contributed by atoms with Crippen LogP contribution in [-0.2, 0) is 9.53 Å². The highest BCUT2D eigenvalue weighted by atomic mass is 16.5. The third-order valence-corrected chi connectivity index (χ3v) is 5.66. The van der Waals surface area contributed by atoms with Gasteiger partial charge in [-0.1, -0.05) is 63.6 Å². The highest BCUT2D eigenvalue weighted by molar-refractivity contribution is 5.74. The molecule has 1 aromatic carbocycles. The van der Waals surface area contributed by atoms with Gasteiger partial charge in [-0.2, -0.15) is 0 Å². The van der Waals surface area contributed by atoms with Crippen molar-refractivity contribution in [3.05, 3.63) is 53.1 Å². The van der Waals surface area contributed by atoms with Crippen molar-refractivity contribution in [2.75, 3.05) is 0 Å². The molecular weight excluding hydrogens is 336 g/mol. The van der Waals surface area contributed by atoms with Gasteiger partial charge >= 0.3 is 5.97 Å². The number of rotatable bonds is 3. The average Bonchev–Trinajstić information content (AvgIpc) is 2.50. The van der Waals surface area contributed by atoms with E-state index in [1.807, 2.05) is 6.08 Å². The second-order valence-electron chi connectivity index (χ2n) is 9.64. The molecule has 0 saturated carbocycles. The number of aryl methyl sites for hydroxylation is 1. The molecule has 1 N–H and O–H groups in total. The molecule has 2 atom stereocenters. The third-order valence-electron chi connectivity index (χ3n) is 5.66. The van der Waals surface area contributed by atoms with Gasteiger partial charge < -0.3 is 9.84 Å². The summed E-state index contributed by atoms with van der Waals surface area (Å²) in [5.41, 5.74) is 5.47. The Balaban J connectivity index is 2.02. The number of carbonyl (C=O) groups excluding carboxylic acids is 1. The Hall–Kier alpha value is -1.87. The molecular formula is C24H32O3. The van der Waals surface area contributed by atoms with Crippen LogP contribution in [0.5, 0.6) is 0 Å². The number of allylic oxidation sites excluding steroid dienone is 3. The summed E-state index contributed by atoms with van der Waals surface area (Å²) >= 11 is 0.